The van der Waals surface area contributed by atoms with Crippen molar-refractivity contribution in [2.45, 2.75) is 37.5 Å². The molecule has 0 spiro atoms. The zero-order valence-electron chi connectivity index (χ0n) is 17.8. The van der Waals surface area contributed by atoms with Crippen LogP contribution in [0.15, 0.2) is 47.4 Å². The summed E-state index contributed by atoms with van der Waals surface area (Å²) in [5.41, 5.74) is 1.92. The van der Waals surface area contributed by atoms with Crippen molar-refractivity contribution < 1.29 is 22.7 Å². The third-order valence-electron chi connectivity index (χ3n) is 5.82. The Morgan fingerprint density at radius 3 is 2.42 bits per heavy atom. The highest BCUT2D eigenvalue weighted by Crippen LogP contribution is 2.34. The quantitative estimate of drug-likeness (QED) is 0.761. The van der Waals surface area contributed by atoms with Gasteiger partial charge in [-0.15, -0.1) is 0 Å². The molecule has 0 radical (unpaired) electrons. The summed E-state index contributed by atoms with van der Waals surface area (Å²) in [7, 11) is -3.66. The Kier molecular flexibility index (Phi) is 6.20. The Morgan fingerprint density at radius 1 is 1.03 bits per heavy atom. The van der Waals surface area contributed by atoms with E-state index in [4.69, 9.17) is 9.47 Å². The number of sulfonamides is 1. The first-order chi connectivity index (χ1) is 14.9. The molecule has 0 bridgehead atoms. The number of carbonyl (C=O) groups excluding carboxylic acids is 1. The monoisotopic (exact) mass is 444 g/mol. The Labute approximate surface area is 183 Å². The number of amides is 1. The third kappa shape index (κ3) is 4.55. The minimum Gasteiger partial charge on any atom is -0.486 e. The van der Waals surface area contributed by atoms with Crippen molar-refractivity contribution in [3.63, 3.8) is 0 Å². The molecule has 31 heavy (non-hydrogen) atoms. The predicted octanol–water partition coefficient (Wildman–Crippen LogP) is 3.62. The van der Waals surface area contributed by atoms with Gasteiger partial charge in [0.05, 0.1) is 4.90 Å². The highest BCUT2D eigenvalue weighted by Gasteiger charge is 2.33. The maximum Gasteiger partial charge on any atom is 0.243 e. The van der Waals surface area contributed by atoms with Crippen LogP contribution in [0.25, 0.3) is 0 Å². The van der Waals surface area contributed by atoms with Gasteiger partial charge in [0.2, 0.25) is 15.9 Å². The molecule has 2 aromatic carbocycles. The zero-order chi connectivity index (χ0) is 22.0. The summed E-state index contributed by atoms with van der Waals surface area (Å²) < 4.78 is 38.6. The maximum atomic E-state index is 13.1. The van der Waals surface area contributed by atoms with E-state index in [-0.39, 0.29) is 16.7 Å². The van der Waals surface area contributed by atoms with Crippen molar-refractivity contribution in [3.8, 4) is 11.5 Å². The molecule has 0 saturated carbocycles. The standard InChI is InChI=1S/C23H28N2O5S/c1-16(2)19-5-3-4-6-20(19)24-23(26)17-9-11-25(12-10-17)31(27,28)18-7-8-21-22(15-18)30-14-13-29-21/h3-8,15-17H,9-14H2,1-2H3,(H,24,26). The van der Waals surface area contributed by atoms with Gasteiger partial charge < -0.3 is 14.8 Å². The van der Waals surface area contributed by atoms with Crippen LogP contribution in [0.2, 0.25) is 0 Å². The molecule has 0 atom stereocenters. The van der Waals surface area contributed by atoms with Crippen molar-refractivity contribution in [3.05, 3.63) is 48.0 Å². The van der Waals surface area contributed by atoms with Gasteiger partial charge in [0.15, 0.2) is 11.5 Å². The lowest BCUT2D eigenvalue weighted by atomic mass is 9.96. The molecule has 2 aliphatic heterocycles. The summed E-state index contributed by atoms with van der Waals surface area (Å²) in [6, 6.07) is 12.5. The van der Waals surface area contributed by atoms with Crippen molar-refractivity contribution in [1.82, 2.24) is 4.31 Å². The second kappa shape index (κ2) is 8.88. The number of carbonyl (C=O) groups is 1. The molecular formula is C23H28N2O5S. The van der Waals surface area contributed by atoms with E-state index in [9.17, 15) is 13.2 Å². The van der Waals surface area contributed by atoms with Gasteiger partial charge in [0, 0.05) is 30.8 Å². The number of benzene rings is 2. The normalized spacial score (nSPS) is 17.5. The molecule has 4 rings (SSSR count). The van der Waals surface area contributed by atoms with E-state index in [1.54, 1.807) is 12.1 Å². The zero-order valence-corrected chi connectivity index (χ0v) is 18.7. The number of para-hydroxylation sites is 1. The molecule has 0 unspecified atom stereocenters. The minimum atomic E-state index is -3.66. The number of nitrogens with zero attached hydrogens (tertiary/aromatic N) is 1. The predicted molar refractivity (Wildman–Crippen MR) is 118 cm³/mol. The first-order valence-corrected chi connectivity index (χ1v) is 12.1. The van der Waals surface area contributed by atoms with Crippen LogP contribution in [0.3, 0.4) is 0 Å². The Balaban J connectivity index is 1.41. The van der Waals surface area contributed by atoms with Crippen LogP contribution in [0.1, 0.15) is 38.2 Å². The summed E-state index contributed by atoms with van der Waals surface area (Å²) in [5, 5.41) is 3.04. The number of nitrogens with one attached hydrogen (secondary N) is 1. The highest BCUT2D eigenvalue weighted by molar-refractivity contribution is 7.89. The average Bonchev–Trinajstić information content (AvgIpc) is 2.79. The molecule has 1 N–H and O–H groups in total. The maximum absolute atomic E-state index is 13.1. The number of hydrogen-bond donors (Lipinski definition) is 1. The van der Waals surface area contributed by atoms with Crippen molar-refractivity contribution in [1.29, 1.82) is 0 Å². The van der Waals surface area contributed by atoms with Crippen LogP contribution < -0.4 is 14.8 Å². The van der Waals surface area contributed by atoms with Crippen LogP contribution in [0.4, 0.5) is 5.69 Å². The van der Waals surface area contributed by atoms with Crippen molar-refractivity contribution in [2.24, 2.45) is 5.92 Å². The van der Waals surface area contributed by atoms with Gasteiger partial charge in [0.1, 0.15) is 13.2 Å². The fraction of sp³-hybridized carbons (Fsp3) is 0.435. The second-order valence-electron chi connectivity index (χ2n) is 8.22. The molecule has 8 heteroatoms. The van der Waals surface area contributed by atoms with Crippen molar-refractivity contribution in [2.75, 3.05) is 31.6 Å². The summed E-state index contributed by atoms with van der Waals surface area (Å²) in [6.45, 7) is 5.65. The van der Waals surface area contributed by atoms with Gasteiger partial charge in [-0.2, -0.15) is 4.31 Å². The molecule has 0 aliphatic carbocycles. The van der Waals surface area contributed by atoms with E-state index in [0.717, 1.165) is 11.3 Å². The average molecular weight is 445 g/mol. The molecule has 2 aliphatic rings. The van der Waals surface area contributed by atoms with E-state index < -0.39 is 10.0 Å². The molecule has 2 heterocycles. The smallest absolute Gasteiger partial charge is 0.243 e. The molecule has 1 saturated heterocycles. The first-order valence-electron chi connectivity index (χ1n) is 10.7. The fourth-order valence-electron chi connectivity index (χ4n) is 4.04. The summed E-state index contributed by atoms with van der Waals surface area (Å²) in [4.78, 5) is 13.0. The van der Waals surface area contributed by atoms with Crippen LogP contribution in [-0.2, 0) is 14.8 Å². The highest BCUT2D eigenvalue weighted by atomic mass is 32.2. The lowest BCUT2D eigenvalue weighted by Crippen LogP contribution is -2.41. The van der Waals surface area contributed by atoms with Crippen LogP contribution in [0.5, 0.6) is 11.5 Å². The SMILES string of the molecule is CC(C)c1ccccc1NC(=O)C1CCN(S(=O)(=O)c2ccc3c(c2)OCCO3)CC1. The van der Waals surface area contributed by atoms with E-state index in [1.165, 1.54) is 10.4 Å². The lowest BCUT2D eigenvalue weighted by Gasteiger charge is -2.31. The third-order valence-corrected chi connectivity index (χ3v) is 7.71. The number of piperidine rings is 1. The number of fused-ring (bicyclic) bond motifs is 1. The molecule has 166 valence electrons. The van der Waals surface area contributed by atoms with Crippen LogP contribution in [0, 0.1) is 5.92 Å². The number of hydrogen-bond acceptors (Lipinski definition) is 5. The van der Waals surface area contributed by atoms with Gasteiger partial charge >= 0.3 is 0 Å². The van der Waals surface area contributed by atoms with Crippen molar-refractivity contribution >= 4 is 21.6 Å². The largest absolute Gasteiger partial charge is 0.486 e. The van der Waals surface area contributed by atoms with Gasteiger partial charge in [-0.25, -0.2) is 8.42 Å². The molecule has 1 amide bonds. The molecule has 0 aromatic heterocycles. The van der Waals surface area contributed by atoms with Crippen LogP contribution >= 0.6 is 0 Å². The van der Waals surface area contributed by atoms with E-state index in [0.29, 0.717) is 56.6 Å². The van der Waals surface area contributed by atoms with Gasteiger partial charge in [-0.1, -0.05) is 32.0 Å². The topological polar surface area (TPSA) is 84.9 Å². The Hall–Kier alpha value is -2.58. The molecule has 1 fully saturated rings. The Bertz CT molecular complexity index is 1060. The molecular weight excluding hydrogens is 416 g/mol. The van der Waals surface area contributed by atoms with Crippen LogP contribution in [-0.4, -0.2) is 44.9 Å². The first kappa shape index (κ1) is 21.6. The van der Waals surface area contributed by atoms with Gasteiger partial charge in [0.25, 0.3) is 0 Å². The summed E-state index contributed by atoms with van der Waals surface area (Å²) in [6.07, 6.45) is 0.971. The molecule has 2 aromatic rings. The number of anilines is 1. The number of rotatable bonds is 5. The van der Waals surface area contributed by atoms with Gasteiger partial charge in [-0.3, -0.25) is 4.79 Å². The minimum absolute atomic E-state index is 0.0514. The number of ether oxygens (including phenoxy) is 2. The van der Waals surface area contributed by atoms with E-state index in [1.807, 2.05) is 24.3 Å². The van der Waals surface area contributed by atoms with E-state index in [2.05, 4.69) is 19.2 Å². The summed E-state index contributed by atoms with van der Waals surface area (Å²) >= 11 is 0. The Morgan fingerprint density at radius 2 is 1.71 bits per heavy atom. The van der Waals surface area contributed by atoms with E-state index >= 15 is 0 Å². The summed E-state index contributed by atoms with van der Waals surface area (Å²) in [5.74, 6) is 1.04. The lowest BCUT2D eigenvalue weighted by molar-refractivity contribution is -0.120. The second-order valence-corrected chi connectivity index (χ2v) is 10.2. The molecule has 7 nitrogen and oxygen atoms in total. The fourth-order valence-corrected chi connectivity index (χ4v) is 5.53. The van der Waals surface area contributed by atoms with Gasteiger partial charge in [-0.05, 0) is 42.5 Å².